The number of halogens is 6. The maximum Gasteiger partial charge on any atom is 0.438 e. The highest BCUT2D eigenvalue weighted by Crippen LogP contribution is 2.61. The lowest BCUT2D eigenvalue weighted by atomic mass is 9.59. The van der Waals surface area contributed by atoms with Gasteiger partial charge in [-0.2, -0.15) is 26.3 Å². The summed E-state index contributed by atoms with van der Waals surface area (Å²) in [6.45, 7) is 0. The second-order valence-corrected chi connectivity index (χ2v) is 13.9. The Hall–Kier alpha value is -3.66. The van der Waals surface area contributed by atoms with Gasteiger partial charge in [-0.1, -0.05) is 48.5 Å². The van der Waals surface area contributed by atoms with Crippen LogP contribution in [0.25, 0.3) is 0 Å². The van der Waals surface area contributed by atoms with Gasteiger partial charge in [0.2, 0.25) is 0 Å². The molecule has 2 aromatic rings. The van der Waals surface area contributed by atoms with E-state index in [0.717, 1.165) is 22.3 Å². The van der Waals surface area contributed by atoms with Gasteiger partial charge >= 0.3 is 35.9 Å². The average molecular weight is 674 g/mol. The smallest absolute Gasteiger partial charge is 0.438 e. The minimum Gasteiger partial charge on any atom is -0.748 e. The van der Waals surface area contributed by atoms with E-state index < -0.39 is 99.4 Å². The molecule has 1 heterocycles. The van der Waals surface area contributed by atoms with Gasteiger partial charge in [0, 0.05) is 23.7 Å². The SMILES string of the molecule is O=C(OC1C2CC3C1OC(=O)C3C2C(=O)OC(CS(=O)(=O)[O-])(C(F)(F)F)C(F)(F)F)C1CC2c3ccccc3C1c1ccccc12. The molecule has 1 saturated heterocycles. The zero-order chi connectivity index (χ0) is 33.1. The molecule has 5 aliphatic carbocycles. The fourth-order valence-electron chi connectivity index (χ4n) is 8.52. The normalized spacial score (nSPS) is 32.5. The van der Waals surface area contributed by atoms with Crippen LogP contribution in [0.2, 0.25) is 0 Å². The summed E-state index contributed by atoms with van der Waals surface area (Å²) < 4.78 is 132. The molecule has 9 nitrogen and oxygen atoms in total. The van der Waals surface area contributed by atoms with Gasteiger partial charge in [0.1, 0.15) is 12.2 Å². The van der Waals surface area contributed by atoms with Crippen LogP contribution in [0.4, 0.5) is 26.3 Å². The Morgan fingerprint density at radius 2 is 1.39 bits per heavy atom. The zero-order valence-corrected chi connectivity index (χ0v) is 24.1. The van der Waals surface area contributed by atoms with Crippen molar-refractivity contribution in [1.29, 1.82) is 0 Å². The van der Waals surface area contributed by atoms with Gasteiger partial charge in [-0.25, -0.2) is 8.42 Å². The summed E-state index contributed by atoms with van der Waals surface area (Å²) in [5, 5.41) is 0. The van der Waals surface area contributed by atoms with Crippen LogP contribution in [0.5, 0.6) is 0 Å². The molecule has 4 bridgehead atoms. The maximum absolute atomic E-state index is 13.9. The summed E-state index contributed by atoms with van der Waals surface area (Å²) in [6.07, 6.45) is -15.4. The van der Waals surface area contributed by atoms with E-state index in [4.69, 9.17) is 9.47 Å². The molecule has 0 radical (unpaired) electrons. The van der Waals surface area contributed by atoms with Crippen LogP contribution in [0, 0.1) is 29.6 Å². The maximum atomic E-state index is 13.9. The number of hydrogen-bond acceptors (Lipinski definition) is 9. The number of ether oxygens (including phenoxy) is 3. The lowest BCUT2D eigenvalue weighted by molar-refractivity contribution is -0.362. The molecule has 3 fully saturated rings. The molecule has 0 spiro atoms. The summed E-state index contributed by atoms with van der Waals surface area (Å²) in [6, 6.07) is 15.1. The predicted octanol–water partition coefficient (Wildman–Crippen LogP) is 3.95. The van der Waals surface area contributed by atoms with Gasteiger partial charge in [0.25, 0.3) is 0 Å². The minimum absolute atomic E-state index is 0.119. The van der Waals surface area contributed by atoms with Gasteiger partial charge in [0.05, 0.1) is 33.6 Å². The first kappa shape index (κ1) is 31.0. The number of hydrogen-bond donors (Lipinski definition) is 0. The number of carbonyl (C=O) groups is 3. The van der Waals surface area contributed by atoms with Crippen molar-refractivity contribution >= 4 is 28.0 Å². The Kier molecular flexibility index (Phi) is 6.68. The van der Waals surface area contributed by atoms with Crippen LogP contribution in [0.3, 0.4) is 0 Å². The molecule has 16 heteroatoms. The Morgan fingerprint density at radius 3 is 1.91 bits per heavy atom. The van der Waals surface area contributed by atoms with Gasteiger partial charge in [-0.3, -0.25) is 14.4 Å². The van der Waals surface area contributed by atoms with E-state index in [1.165, 1.54) is 0 Å². The van der Waals surface area contributed by atoms with Crippen molar-refractivity contribution in [3.8, 4) is 0 Å². The zero-order valence-electron chi connectivity index (χ0n) is 23.3. The monoisotopic (exact) mass is 673 g/mol. The first-order chi connectivity index (χ1) is 21.4. The predicted molar refractivity (Wildman–Crippen MR) is 139 cm³/mol. The summed E-state index contributed by atoms with van der Waals surface area (Å²) in [7, 11) is -6.26. The number of rotatable bonds is 6. The molecule has 0 aromatic heterocycles. The van der Waals surface area contributed by atoms with Crippen molar-refractivity contribution in [2.45, 2.75) is 54.8 Å². The molecule has 246 valence electrons. The lowest BCUT2D eigenvalue weighted by Gasteiger charge is -2.45. The number of carbonyl (C=O) groups excluding carboxylic acids is 3. The van der Waals surface area contributed by atoms with Gasteiger partial charge in [-0.05, 0) is 35.1 Å². The van der Waals surface area contributed by atoms with Crippen molar-refractivity contribution in [3.05, 3.63) is 70.8 Å². The largest absolute Gasteiger partial charge is 0.748 e. The van der Waals surface area contributed by atoms with Crippen molar-refractivity contribution < 1.29 is 67.9 Å². The average Bonchev–Trinajstić information content (AvgIpc) is 3.59. The third kappa shape index (κ3) is 4.38. The second-order valence-electron chi connectivity index (χ2n) is 12.5. The highest BCUT2D eigenvalue weighted by Gasteiger charge is 2.77. The highest BCUT2D eigenvalue weighted by molar-refractivity contribution is 7.85. The van der Waals surface area contributed by atoms with Crippen molar-refractivity contribution in [2.24, 2.45) is 29.6 Å². The van der Waals surface area contributed by atoms with E-state index >= 15 is 0 Å². The number of alkyl halides is 6. The van der Waals surface area contributed by atoms with E-state index in [1.807, 2.05) is 48.5 Å². The van der Waals surface area contributed by atoms with Crippen LogP contribution >= 0.6 is 0 Å². The molecule has 2 aromatic carbocycles. The summed E-state index contributed by atoms with van der Waals surface area (Å²) >= 11 is 0. The third-order valence-corrected chi connectivity index (χ3v) is 11.0. The molecule has 46 heavy (non-hydrogen) atoms. The molecule has 7 unspecified atom stereocenters. The molecule has 8 rings (SSSR count). The first-order valence-electron chi connectivity index (χ1n) is 14.3. The fourth-order valence-corrected chi connectivity index (χ4v) is 9.40. The molecule has 2 saturated carbocycles. The van der Waals surface area contributed by atoms with E-state index in [1.54, 1.807) is 0 Å². The Labute approximate surface area is 256 Å². The number of benzene rings is 2. The molecule has 1 aliphatic heterocycles. The van der Waals surface area contributed by atoms with Crippen molar-refractivity contribution in [2.75, 3.05) is 5.75 Å². The van der Waals surface area contributed by atoms with E-state index in [0.29, 0.717) is 6.42 Å². The van der Waals surface area contributed by atoms with Gasteiger partial charge < -0.3 is 18.8 Å². The molecule has 0 amide bonds. The van der Waals surface area contributed by atoms with Crippen LogP contribution < -0.4 is 0 Å². The minimum atomic E-state index is -6.58. The number of fused-ring (bicyclic) bond motifs is 2. The van der Waals surface area contributed by atoms with E-state index in [2.05, 4.69) is 4.74 Å². The van der Waals surface area contributed by atoms with E-state index in [-0.39, 0.29) is 12.3 Å². The first-order valence-corrected chi connectivity index (χ1v) is 15.9. The molecule has 0 N–H and O–H groups in total. The van der Waals surface area contributed by atoms with Crippen LogP contribution in [0.15, 0.2) is 48.5 Å². The highest BCUT2D eigenvalue weighted by atomic mass is 32.2. The quantitative estimate of drug-likeness (QED) is 0.193. The topological polar surface area (TPSA) is 136 Å². The molecule has 6 aliphatic rings. The summed E-state index contributed by atoms with van der Waals surface area (Å²) in [5.41, 5.74) is -1.79. The molecular weight excluding hydrogens is 650 g/mol. The molecular formula is C30H23F6O9S-. The van der Waals surface area contributed by atoms with Crippen LogP contribution in [0.1, 0.15) is 46.9 Å². The summed E-state index contributed by atoms with van der Waals surface area (Å²) in [5.74, 6) is -14.2. The Bertz CT molecular complexity index is 1690. The standard InChI is InChI=1S/C30H24F6O9S/c31-29(32,33)28(30(34,35)36,11-46(40,41)42)45-27(39)22-18-10-17-21(22)26(38)44-24(17)23(18)43-25(37)19-9-16-12-5-1-3-7-14(12)20(19)15-8-4-2-6-13(15)16/h1-8,16-24H,9-11H2,(H,40,41,42)/p-1. The van der Waals surface area contributed by atoms with Crippen LogP contribution in [-0.2, 0) is 38.7 Å². The van der Waals surface area contributed by atoms with Crippen LogP contribution in [-0.4, -0.2) is 66.8 Å². The third-order valence-electron chi connectivity index (χ3n) is 10.2. The fraction of sp³-hybridized carbons (Fsp3) is 0.500. The number of esters is 3. The van der Waals surface area contributed by atoms with Gasteiger partial charge in [0.15, 0.2) is 0 Å². The Morgan fingerprint density at radius 1 is 0.848 bits per heavy atom. The lowest BCUT2D eigenvalue weighted by Crippen LogP contribution is -2.64. The Balaban J connectivity index is 1.19. The van der Waals surface area contributed by atoms with E-state index in [9.17, 15) is 53.7 Å². The van der Waals surface area contributed by atoms with Gasteiger partial charge in [-0.15, -0.1) is 0 Å². The molecule has 7 atom stereocenters. The summed E-state index contributed by atoms with van der Waals surface area (Å²) in [4.78, 5) is 39.8. The second kappa shape index (κ2) is 9.92. The van der Waals surface area contributed by atoms with Crippen molar-refractivity contribution in [1.82, 2.24) is 0 Å². The van der Waals surface area contributed by atoms with Crippen molar-refractivity contribution in [3.63, 3.8) is 0 Å².